The SMILES string of the molecule is CC=C(CCC(NC(=O)CCc1ccccc1)C(=O)OC)N(C)CCc1ccccc1. The minimum absolute atomic E-state index is 0.140. The molecule has 1 atom stereocenters. The average molecular weight is 423 g/mol. The first-order chi connectivity index (χ1) is 15.0. The highest BCUT2D eigenvalue weighted by molar-refractivity contribution is 5.84. The van der Waals surface area contributed by atoms with Gasteiger partial charge < -0.3 is 15.0 Å². The molecule has 1 N–H and O–H groups in total. The van der Waals surface area contributed by atoms with Gasteiger partial charge in [0.1, 0.15) is 6.04 Å². The normalized spacial score (nSPS) is 12.2. The lowest BCUT2D eigenvalue weighted by Gasteiger charge is -2.24. The van der Waals surface area contributed by atoms with Gasteiger partial charge in [0.05, 0.1) is 7.11 Å². The summed E-state index contributed by atoms with van der Waals surface area (Å²) in [7, 11) is 3.41. The van der Waals surface area contributed by atoms with Crippen molar-refractivity contribution in [1.29, 1.82) is 0 Å². The highest BCUT2D eigenvalue weighted by Gasteiger charge is 2.22. The summed E-state index contributed by atoms with van der Waals surface area (Å²) in [6, 6.07) is 19.6. The van der Waals surface area contributed by atoms with E-state index in [1.807, 2.05) is 55.5 Å². The summed E-state index contributed by atoms with van der Waals surface area (Å²) in [6.07, 6.45) is 5.18. The van der Waals surface area contributed by atoms with Crippen LogP contribution in [0.25, 0.3) is 0 Å². The molecule has 31 heavy (non-hydrogen) atoms. The van der Waals surface area contributed by atoms with E-state index in [1.54, 1.807) is 0 Å². The summed E-state index contributed by atoms with van der Waals surface area (Å²) in [4.78, 5) is 26.9. The van der Waals surface area contributed by atoms with Crippen molar-refractivity contribution in [2.75, 3.05) is 20.7 Å². The van der Waals surface area contributed by atoms with Crippen molar-refractivity contribution in [3.05, 3.63) is 83.6 Å². The minimum Gasteiger partial charge on any atom is -0.467 e. The van der Waals surface area contributed by atoms with Crippen LogP contribution < -0.4 is 5.32 Å². The molecule has 2 rings (SSSR count). The van der Waals surface area contributed by atoms with Crippen LogP contribution in [0.1, 0.15) is 37.3 Å². The summed E-state index contributed by atoms with van der Waals surface area (Å²) in [6.45, 7) is 2.88. The monoisotopic (exact) mass is 422 g/mol. The van der Waals surface area contributed by atoms with Crippen molar-refractivity contribution >= 4 is 11.9 Å². The van der Waals surface area contributed by atoms with Gasteiger partial charge in [-0.2, -0.15) is 0 Å². The van der Waals surface area contributed by atoms with Gasteiger partial charge in [-0.25, -0.2) is 4.79 Å². The van der Waals surface area contributed by atoms with Gasteiger partial charge in [-0.15, -0.1) is 0 Å². The van der Waals surface area contributed by atoms with Gasteiger partial charge in [0.25, 0.3) is 0 Å². The largest absolute Gasteiger partial charge is 0.467 e. The number of carbonyl (C=O) groups excluding carboxylic acids is 2. The van der Waals surface area contributed by atoms with Crippen LogP contribution in [0.3, 0.4) is 0 Å². The summed E-state index contributed by atoms with van der Waals surface area (Å²) >= 11 is 0. The number of rotatable bonds is 12. The van der Waals surface area contributed by atoms with Crippen molar-refractivity contribution in [2.45, 2.75) is 45.1 Å². The molecule has 0 aliphatic heterocycles. The topological polar surface area (TPSA) is 58.6 Å². The molecular weight excluding hydrogens is 388 g/mol. The van der Waals surface area contributed by atoms with Crippen molar-refractivity contribution in [3.63, 3.8) is 0 Å². The highest BCUT2D eigenvalue weighted by atomic mass is 16.5. The summed E-state index contributed by atoms with van der Waals surface area (Å²) in [5, 5.41) is 2.85. The number of carbonyl (C=O) groups is 2. The Bertz CT molecular complexity index is 834. The van der Waals surface area contributed by atoms with Crippen LogP contribution in [0.4, 0.5) is 0 Å². The molecule has 2 aromatic rings. The number of nitrogens with zero attached hydrogens (tertiary/aromatic N) is 1. The maximum Gasteiger partial charge on any atom is 0.328 e. The van der Waals surface area contributed by atoms with Crippen LogP contribution in [0.2, 0.25) is 0 Å². The molecule has 0 aliphatic rings. The number of hydrogen-bond donors (Lipinski definition) is 1. The van der Waals surface area contributed by atoms with Crippen LogP contribution in [0.5, 0.6) is 0 Å². The molecule has 1 unspecified atom stereocenters. The first kappa shape index (κ1) is 24.2. The van der Waals surface area contributed by atoms with Crippen molar-refractivity contribution in [1.82, 2.24) is 10.2 Å². The molecule has 0 saturated carbocycles. The first-order valence-corrected chi connectivity index (χ1v) is 10.8. The number of ether oxygens (including phenoxy) is 1. The Labute approximate surface area is 186 Å². The maximum atomic E-state index is 12.4. The van der Waals surface area contributed by atoms with Crippen molar-refractivity contribution in [3.8, 4) is 0 Å². The van der Waals surface area contributed by atoms with E-state index in [1.165, 1.54) is 12.7 Å². The van der Waals surface area contributed by atoms with E-state index in [0.717, 1.165) is 24.2 Å². The smallest absolute Gasteiger partial charge is 0.328 e. The van der Waals surface area contributed by atoms with Crippen LogP contribution in [0.15, 0.2) is 72.4 Å². The van der Waals surface area contributed by atoms with E-state index in [2.05, 4.69) is 35.5 Å². The van der Waals surface area contributed by atoms with Gasteiger partial charge in [-0.05, 0) is 43.7 Å². The molecule has 0 bridgehead atoms. The van der Waals surface area contributed by atoms with Gasteiger partial charge >= 0.3 is 5.97 Å². The molecule has 0 spiro atoms. The Morgan fingerprint density at radius 3 is 2.10 bits per heavy atom. The molecule has 2 aromatic carbocycles. The summed E-state index contributed by atoms with van der Waals surface area (Å²) < 4.78 is 4.92. The fraction of sp³-hybridized carbons (Fsp3) is 0.385. The number of likely N-dealkylation sites (N-methyl/N-ethyl adjacent to an activating group) is 1. The molecular formula is C26H34N2O3. The van der Waals surface area contributed by atoms with E-state index in [9.17, 15) is 9.59 Å². The number of allylic oxidation sites excluding steroid dienone is 2. The number of esters is 1. The predicted molar refractivity (Wildman–Crippen MR) is 124 cm³/mol. The number of nitrogens with one attached hydrogen (secondary N) is 1. The summed E-state index contributed by atoms with van der Waals surface area (Å²) in [5.41, 5.74) is 3.54. The Hall–Kier alpha value is -3.08. The lowest BCUT2D eigenvalue weighted by Crippen LogP contribution is -2.42. The van der Waals surface area contributed by atoms with Gasteiger partial charge in [-0.3, -0.25) is 4.79 Å². The Morgan fingerprint density at radius 1 is 0.968 bits per heavy atom. The second kappa shape index (κ2) is 13.3. The minimum atomic E-state index is -0.647. The average Bonchev–Trinajstić information content (AvgIpc) is 2.81. The number of aryl methyl sites for hydroxylation is 1. The fourth-order valence-electron chi connectivity index (χ4n) is 3.49. The van der Waals surface area contributed by atoms with Crippen molar-refractivity contribution in [2.24, 2.45) is 0 Å². The first-order valence-electron chi connectivity index (χ1n) is 10.8. The number of hydrogen-bond acceptors (Lipinski definition) is 4. The zero-order valence-electron chi connectivity index (χ0n) is 18.8. The molecule has 0 saturated heterocycles. The third kappa shape index (κ3) is 8.67. The van der Waals surface area contributed by atoms with E-state index >= 15 is 0 Å². The van der Waals surface area contributed by atoms with E-state index < -0.39 is 12.0 Å². The molecule has 1 amide bonds. The second-order valence-corrected chi connectivity index (χ2v) is 7.60. The highest BCUT2D eigenvalue weighted by Crippen LogP contribution is 2.14. The number of methoxy groups -OCH3 is 1. The van der Waals surface area contributed by atoms with Gasteiger partial charge in [-0.1, -0.05) is 66.7 Å². The van der Waals surface area contributed by atoms with E-state index in [4.69, 9.17) is 4.74 Å². The van der Waals surface area contributed by atoms with E-state index in [0.29, 0.717) is 25.7 Å². The van der Waals surface area contributed by atoms with Crippen LogP contribution in [-0.4, -0.2) is 43.5 Å². The van der Waals surface area contributed by atoms with Gasteiger partial charge in [0.15, 0.2) is 0 Å². The summed E-state index contributed by atoms with van der Waals surface area (Å²) in [5.74, 6) is -0.547. The molecule has 0 fully saturated rings. The fourth-order valence-corrected chi connectivity index (χ4v) is 3.49. The Balaban J connectivity index is 1.85. The van der Waals surface area contributed by atoms with Crippen LogP contribution in [0, 0.1) is 0 Å². The molecule has 5 heteroatoms. The van der Waals surface area contributed by atoms with Gasteiger partial charge in [0.2, 0.25) is 5.91 Å². The van der Waals surface area contributed by atoms with Crippen LogP contribution in [-0.2, 0) is 27.2 Å². The molecule has 0 heterocycles. The second-order valence-electron chi connectivity index (χ2n) is 7.60. The molecule has 0 aliphatic carbocycles. The molecule has 166 valence electrons. The number of amides is 1. The molecule has 0 radical (unpaired) electrons. The van der Waals surface area contributed by atoms with Crippen LogP contribution >= 0.6 is 0 Å². The quantitative estimate of drug-likeness (QED) is 0.523. The molecule has 0 aromatic heterocycles. The zero-order chi connectivity index (χ0) is 22.5. The van der Waals surface area contributed by atoms with Gasteiger partial charge in [0, 0.05) is 25.7 Å². The zero-order valence-corrected chi connectivity index (χ0v) is 18.8. The van der Waals surface area contributed by atoms with E-state index in [-0.39, 0.29) is 5.91 Å². The number of benzene rings is 2. The molecule has 5 nitrogen and oxygen atoms in total. The predicted octanol–water partition coefficient (Wildman–Crippen LogP) is 4.14. The lowest BCUT2D eigenvalue weighted by atomic mass is 10.1. The standard InChI is InChI=1S/C26H34N2O3/c1-4-23(28(2)20-19-22-13-9-6-10-14-22)16-17-24(26(30)31-3)27-25(29)18-15-21-11-7-5-8-12-21/h4-14,24H,15-20H2,1-3H3,(H,27,29). The third-order valence-corrected chi connectivity index (χ3v) is 5.40. The Kier molecular flexibility index (Phi) is 10.4. The third-order valence-electron chi connectivity index (χ3n) is 5.40. The van der Waals surface area contributed by atoms with Crippen molar-refractivity contribution < 1.29 is 14.3 Å². The lowest BCUT2D eigenvalue weighted by molar-refractivity contribution is -0.145. The Morgan fingerprint density at radius 2 is 1.55 bits per heavy atom. The maximum absolute atomic E-state index is 12.4.